The molecule has 0 atom stereocenters. The fourth-order valence-corrected chi connectivity index (χ4v) is 2.66. The van der Waals surface area contributed by atoms with E-state index in [1.54, 1.807) is 0 Å². The number of aromatic nitrogens is 1. The maximum Gasteiger partial charge on any atom is 0.231 e. The molecule has 0 N–H and O–H groups in total. The van der Waals surface area contributed by atoms with Crippen molar-refractivity contribution in [3.63, 3.8) is 0 Å². The molecule has 0 bridgehead atoms. The average Bonchev–Trinajstić information content (AvgIpc) is 2.84. The first-order valence-corrected chi connectivity index (χ1v) is 6.12. The highest BCUT2D eigenvalue weighted by molar-refractivity contribution is 5.87. The highest BCUT2D eigenvalue weighted by atomic mass is 16.7. The second kappa shape index (κ2) is 3.59. The van der Waals surface area contributed by atoms with E-state index in [4.69, 9.17) is 19.2 Å². The summed E-state index contributed by atoms with van der Waals surface area (Å²) < 4.78 is 16.4. The molecule has 0 fully saturated rings. The predicted octanol–water partition coefficient (Wildman–Crippen LogP) is 2.34. The van der Waals surface area contributed by atoms with Crippen LogP contribution in [0.25, 0.3) is 10.9 Å². The summed E-state index contributed by atoms with van der Waals surface area (Å²) in [4.78, 5) is 4.74. The molecule has 2 aliphatic heterocycles. The number of rotatable bonds is 0. The van der Waals surface area contributed by atoms with Gasteiger partial charge in [0, 0.05) is 29.1 Å². The molecule has 0 saturated carbocycles. The molecule has 3 heterocycles. The lowest BCUT2D eigenvalue weighted by molar-refractivity contribution is 0.109. The largest absolute Gasteiger partial charge is 0.454 e. The minimum atomic E-state index is 0.299. The van der Waals surface area contributed by atoms with E-state index in [0.29, 0.717) is 13.4 Å². The van der Waals surface area contributed by atoms with Crippen molar-refractivity contribution in [2.75, 3.05) is 13.4 Å². The zero-order chi connectivity index (χ0) is 12.1. The van der Waals surface area contributed by atoms with E-state index in [0.717, 1.165) is 41.1 Å². The minimum absolute atomic E-state index is 0.299. The Bertz CT molecular complexity index is 651. The summed E-state index contributed by atoms with van der Waals surface area (Å²) in [6, 6.07) is 4.00. The van der Waals surface area contributed by atoms with E-state index in [1.165, 1.54) is 11.1 Å². The second-order valence-electron chi connectivity index (χ2n) is 4.69. The van der Waals surface area contributed by atoms with Crippen molar-refractivity contribution in [3.05, 3.63) is 29.0 Å². The van der Waals surface area contributed by atoms with Gasteiger partial charge in [0.1, 0.15) is 0 Å². The van der Waals surface area contributed by atoms with Crippen molar-refractivity contribution >= 4 is 10.9 Å². The van der Waals surface area contributed by atoms with Crippen LogP contribution in [0, 0.1) is 6.92 Å². The lowest BCUT2D eigenvalue weighted by Gasteiger charge is -2.19. The molecule has 92 valence electrons. The van der Waals surface area contributed by atoms with Gasteiger partial charge in [-0.3, -0.25) is 4.98 Å². The zero-order valence-electron chi connectivity index (χ0n) is 10.2. The number of hydrogen-bond donors (Lipinski definition) is 0. The summed E-state index contributed by atoms with van der Waals surface area (Å²) in [6.45, 7) is 3.85. The van der Waals surface area contributed by atoms with E-state index in [1.807, 2.05) is 12.1 Å². The Kier molecular flexibility index (Phi) is 2.02. The predicted molar refractivity (Wildman–Crippen MR) is 66.0 cm³/mol. The van der Waals surface area contributed by atoms with Crippen LogP contribution in [0.5, 0.6) is 11.5 Å². The molecule has 4 rings (SSSR count). The van der Waals surface area contributed by atoms with E-state index >= 15 is 0 Å². The van der Waals surface area contributed by atoms with Gasteiger partial charge in [-0.25, -0.2) is 0 Å². The first-order chi connectivity index (χ1) is 8.83. The summed E-state index contributed by atoms with van der Waals surface area (Å²) in [5.41, 5.74) is 4.61. The molecule has 0 aliphatic carbocycles. The number of fused-ring (bicyclic) bond motifs is 3. The van der Waals surface area contributed by atoms with Crippen LogP contribution in [0.2, 0.25) is 0 Å². The Morgan fingerprint density at radius 2 is 2.00 bits per heavy atom. The molecule has 2 aromatic rings. The third-order valence-corrected chi connectivity index (χ3v) is 3.68. The topological polar surface area (TPSA) is 40.6 Å². The van der Waals surface area contributed by atoms with Gasteiger partial charge in [0.25, 0.3) is 0 Å². The van der Waals surface area contributed by atoms with Crippen LogP contribution in [-0.2, 0) is 17.8 Å². The molecule has 0 saturated heterocycles. The Morgan fingerprint density at radius 3 is 2.89 bits per heavy atom. The maximum absolute atomic E-state index is 5.52. The minimum Gasteiger partial charge on any atom is -0.454 e. The molecule has 0 spiro atoms. The fourth-order valence-electron chi connectivity index (χ4n) is 2.66. The Hall–Kier alpha value is -1.81. The van der Waals surface area contributed by atoms with Crippen molar-refractivity contribution in [1.29, 1.82) is 0 Å². The number of aryl methyl sites for hydroxylation is 1. The third-order valence-electron chi connectivity index (χ3n) is 3.68. The summed E-state index contributed by atoms with van der Waals surface area (Å²) >= 11 is 0. The van der Waals surface area contributed by atoms with E-state index in [2.05, 4.69) is 6.92 Å². The molecule has 2 aliphatic rings. The number of benzene rings is 1. The molecule has 18 heavy (non-hydrogen) atoms. The molecule has 0 radical (unpaired) electrons. The molecule has 0 unspecified atom stereocenters. The summed E-state index contributed by atoms with van der Waals surface area (Å²) in [5, 5.41) is 1.13. The first-order valence-electron chi connectivity index (χ1n) is 6.12. The van der Waals surface area contributed by atoms with E-state index in [9.17, 15) is 0 Å². The SMILES string of the molecule is Cc1c2c(nc3cc4c(cc13)OCO4)CCOC2. The molecular weight excluding hydrogens is 230 g/mol. The quantitative estimate of drug-likeness (QED) is 0.712. The Labute approximate surface area is 104 Å². The van der Waals surface area contributed by atoms with Crippen LogP contribution in [0.3, 0.4) is 0 Å². The lowest BCUT2D eigenvalue weighted by atomic mass is 9.99. The van der Waals surface area contributed by atoms with E-state index < -0.39 is 0 Å². The average molecular weight is 243 g/mol. The molecule has 1 aromatic carbocycles. The monoisotopic (exact) mass is 243 g/mol. The normalized spacial score (nSPS) is 16.9. The van der Waals surface area contributed by atoms with Gasteiger partial charge in [0.2, 0.25) is 6.79 Å². The van der Waals surface area contributed by atoms with Gasteiger partial charge in [-0.2, -0.15) is 0 Å². The van der Waals surface area contributed by atoms with Crippen LogP contribution in [0.15, 0.2) is 12.1 Å². The molecule has 1 aromatic heterocycles. The second-order valence-corrected chi connectivity index (χ2v) is 4.69. The fraction of sp³-hybridized carbons (Fsp3) is 0.357. The highest BCUT2D eigenvalue weighted by Crippen LogP contribution is 2.38. The summed E-state index contributed by atoms with van der Waals surface area (Å²) in [7, 11) is 0. The van der Waals surface area contributed by atoms with Crippen molar-refractivity contribution < 1.29 is 14.2 Å². The van der Waals surface area contributed by atoms with Gasteiger partial charge < -0.3 is 14.2 Å². The van der Waals surface area contributed by atoms with Gasteiger partial charge in [0.15, 0.2) is 11.5 Å². The van der Waals surface area contributed by atoms with Gasteiger partial charge in [-0.05, 0) is 18.6 Å². The van der Waals surface area contributed by atoms with Gasteiger partial charge >= 0.3 is 0 Å². The van der Waals surface area contributed by atoms with Crippen molar-refractivity contribution in [1.82, 2.24) is 4.98 Å². The summed E-state index contributed by atoms with van der Waals surface area (Å²) in [5.74, 6) is 1.60. The van der Waals surface area contributed by atoms with Crippen molar-refractivity contribution in [3.8, 4) is 11.5 Å². The van der Waals surface area contributed by atoms with Crippen molar-refractivity contribution in [2.45, 2.75) is 20.0 Å². The zero-order valence-corrected chi connectivity index (χ0v) is 10.2. The van der Waals surface area contributed by atoms with Gasteiger partial charge in [-0.15, -0.1) is 0 Å². The maximum atomic E-state index is 5.52. The van der Waals surface area contributed by atoms with Crippen LogP contribution in [-0.4, -0.2) is 18.4 Å². The number of pyridine rings is 1. The first kappa shape index (κ1) is 10.1. The standard InChI is InChI=1S/C14H13NO3/c1-8-9-4-13-14(18-7-17-13)5-12(9)15-11-2-3-16-6-10(8)11/h4-5H,2-3,6-7H2,1H3. The number of hydrogen-bond acceptors (Lipinski definition) is 4. The smallest absolute Gasteiger partial charge is 0.231 e. The van der Waals surface area contributed by atoms with Gasteiger partial charge in [0.05, 0.1) is 18.7 Å². The number of ether oxygens (including phenoxy) is 3. The highest BCUT2D eigenvalue weighted by Gasteiger charge is 2.20. The Balaban J connectivity index is 2.04. The van der Waals surface area contributed by atoms with Crippen LogP contribution in [0.1, 0.15) is 16.8 Å². The molecule has 4 heteroatoms. The van der Waals surface area contributed by atoms with Gasteiger partial charge in [-0.1, -0.05) is 0 Å². The number of nitrogens with zero attached hydrogens (tertiary/aromatic N) is 1. The molecule has 4 nitrogen and oxygen atoms in total. The van der Waals surface area contributed by atoms with Crippen LogP contribution >= 0.6 is 0 Å². The van der Waals surface area contributed by atoms with Crippen LogP contribution < -0.4 is 9.47 Å². The lowest BCUT2D eigenvalue weighted by Crippen LogP contribution is -2.13. The Morgan fingerprint density at radius 1 is 1.17 bits per heavy atom. The summed E-state index contributed by atoms with van der Waals surface area (Å²) in [6.07, 6.45) is 0.889. The van der Waals surface area contributed by atoms with Crippen molar-refractivity contribution in [2.24, 2.45) is 0 Å². The van der Waals surface area contributed by atoms with E-state index in [-0.39, 0.29) is 0 Å². The van der Waals surface area contributed by atoms with Crippen LogP contribution in [0.4, 0.5) is 0 Å². The third kappa shape index (κ3) is 1.32. The molecular formula is C14H13NO3. The molecule has 0 amide bonds.